The number of rotatable bonds is 6. The molecule has 5 nitrogen and oxygen atoms in total. The van der Waals surface area contributed by atoms with Crippen LogP contribution in [0.3, 0.4) is 0 Å². The number of benzene rings is 2. The molecule has 0 aromatic heterocycles. The van der Waals surface area contributed by atoms with Gasteiger partial charge in [-0.3, -0.25) is 4.79 Å². The first-order valence-corrected chi connectivity index (χ1v) is 9.47. The second-order valence-corrected chi connectivity index (χ2v) is 6.92. The molecule has 1 aliphatic heterocycles. The number of amides is 1. The summed E-state index contributed by atoms with van der Waals surface area (Å²) >= 11 is 3.28. The van der Waals surface area contributed by atoms with Crippen molar-refractivity contribution in [3.63, 3.8) is 0 Å². The minimum absolute atomic E-state index is 0.00373. The maximum atomic E-state index is 12.6. The highest BCUT2D eigenvalue weighted by Gasteiger charge is 2.15. The van der Waals surface area contributed by atoms with Crippen LogP contribution in [0.25, 0.3) is 6.08 Å². The number of carbonyl (C=O) groups is 1. The van der Waals surface area contributed by atoms with Crippen molar-refractivity contribution in [3.8, 4) is 5.75 Å². The van der Waals surface area contributed by atoms with Crippen molar-refractivity contribution < 1.29 is 23.0 Å². The minimum atomic E-state index is -2.94. The molecule has 0 spiro atoms. The molecule has 1 fully saturated rings. The topological polar surface area (TPSA) is 50.8 Å². The molecule has 1 heterocycles. The van der Waals surface area contributed by atoms with Gasteiger partial charge in [0.15, 0.2) is 0 Å². The number of nitrogens with one attached hydrogen (secondary N) is 1. The van der Waals surface area contributed by atoms with Crippen LogP contribution in [-0.2, 0) is 9.53 Å². The maximum Gasteiger partial charge on any atom is 0.387 e. The molecule has 3 rings (SSSR count). The molecular formula is C20H19BrF2N2O3. The lowest BCUT2D eigenvalue weighted by atomic mass is 10.2. The standard InChI is InChI=1S/C20H19BrF2N2O3/c21-15-6-7-18(28-20(22)23)14(13-15)5-8-19(26)24-16-3-1-2-4-17(16)25-9-11-27-12-10-25/h1-8,13,20H,9-12H2,(H,24,26)/b8-5+. The second kappa shape index (κ2) is 9.66. The van der Waals surface area contributed by atoms with Crippen molar-refractivity contribution >= 4 is 39.3 Å². The predicted molar refractivity (Wildman–Crippen MR) is 108 cm³/mol. The summed E-state index contributed by atoms with van der Waals surface area (Å²) in [6.45, 7) is -0.178. The van der Waals surface area contributed by atoms with E-state index < -0.39 is 6.61 Å². The Morgan fingerprint density at radius 1 is 1.21 bits per heavy atom. The van der Waals surface area contributed by atoms with Gasteiger partial charge < -0.3 is 19.7 Å². The number of para-hydroxylation sites is 2. The molecule has 1 saturated heterocycles. The maximum absolute atomic E-state index is 12.6. The van der Waals surface area contributed by atoms with E-state index in [1.165, 1.54) is 18.2 Å². The molecule has 0 unspecified atom stereocenters. The monoisotopic (exact) mass is 452 g/mol. The highest BCUT2D eigenvalue weighted by Crippen LogP contribution is 2.28. The van der Waals surface area contributed by atoms with Crippen LogP contribution < -0.4 is 15.0 Å². The van der Waals surface area contributed by atoms with E-state index in [1.54, 1.807) is 12.1 Å². The van der Waals surface area contributed by atoms with Gasteiger partial charge in [-0.05, 0) is 36.4 Å². The molecule has 1 N–H and O–H groups in total. The lowest BCUT2D eigenvalue weighted by molar-refractivity contribution is -0.111. The van der Waals surface area contributed by atoms with E-state index in [9.17, 15) is 13.6 Å². The van der Waals surface area contributed by atoms with Crippen LogP contribution in [0.1, 0.15) is 5.56 Å². The highest BCUT2D eigenvalue weighted by molar-refractivity contribution is 9.10. The number of halogens is 3. The normalized spacial score (nSPS) is 14.5. The van der Waals surface area contributed by atoms with Gasteiger partial charge >= 0.3 is 6.61 Å². The Morgan fingerprint density at radius 3 is 2.71 bits per heavy atom. The van der Waals surface area contributed by atoms with E-state index in [2.05, 4.69) is 30.9 Å². The van der Waals surface area contributed by atoms with Crippen molar-refractivity contribution in [2.45, 2.75) is 6.61 Å². The first-order valence-electron chi connectivity index (χ1n) is 8.68. The zero-order valence-electron chi connectivity index (χ0n) is 14.9. The highest BCUT2D eigenvalue weighted by atomic mass is 79.9. The fourth-order valence-electron chi connectivity index (χ4n) is 2.85. The van der Waals surface area contributed by atoms with E-state index in [0.29, 0.717) is 28.9 Å². The van der Waals surface area contributed by atoms with E-state index in [-0.39, 0.29) is 11.7 Å². The number of nitrogens with zero attached hydrogens (tertiary/aromatic N) is 1. The summed E-state index contributed by atoms with van der Waals surface area (Å²) in [5, 5.41) is 2.84. The van der Waals surface area contributed by atoms with E-state index in [4.69, 9.17) is 4.74 Å². The van der Waals surface area contributed by atoms with E-state index in [1.807, 2.05) is 24.3 Å². The van der Waals surface area contributed by atoms with Gasteiger partial charge in [0, 0.05) is 29.2 Å². The third kappa shape index (κ3) is 5.53. The first-order chi connectivity index (χ1) is 13.5. The SMILES string of the molecule is O=C(/C=C/c1cc(Br)ccc1OC(F)F)Nc1ccccc1N1CCOCC1. The Hall–Kier alpha value is -2.45. The lowest BCUT2D eigenvalue weighted by Crippen LogP contribution is -2.36. The van der Waals surface area contributed by atoms with Gasteiger partial charge in [0.05, 0.1) is 24.6 Å². The van der Waals surface area contributed by atoms with Crippen LogP contribution in [0.15, 0.2) is 53.0 Å². The van der Waals surface area contributed by atoms with Gasteiger partial charge in [0.2, 0.25) is 5.91 Å². The molecule has 28 heavy (non-hydrogen) atoms. The molecule has 0 atom stereocenters. The van der Waals surface area contributed by atoms with Gasteiger partial charge in [0.1, 0.15) is 5.75 Å². The smallest absolute Gasteiger partial charge is 0.387 e. The lowest BCUT2D eigenvalue weighted by Gasteiger charge is -2.30. The number of anilines is 2. The zero-order valence-corrected chi connectivity index (χ0v) is 16.5. The molecule has 8 heteroatoms. The second-order valence-electron chi connectivity index (χ2n) is 6.00. The van der Waals surface area contributed by atoms with Crippen LogP contribution >= 0.6 is 15.9 Å². The number of hydrogen-bond acceptors (Lipinski definition) is 4. The van der Waals surface area contributed by atoms with Crippen molar-refractivity contribution in [3.05, 3.63) is 58.6 Å². The van der Waals surface area contributed by atoms with Gasteiger partial charge in [-0.2, -0.15) is 8.78 Å². The number of morpholine rings is 1. The van der Waals surface area contributed by atoms with Crippen LogP contribution in [0.4, 0.5) is 20.2 Å². The number of alkyl halides is 2. The molecule has 0 radical (unpaired) electrons. The largest absolute Gasteiger partial charge is 0.434 e. The predicted octanol–water partition coefficient (Wildman–Crippen LogP) is 4.54. The molecule has 1 amide bonds. The number of hydrogen-bond donors (Lipinski definition) is 1. The summed E-state index contributed by atoms with van der Waals surface area (Å²) in [4.78, 5) is 14.5. The Morgan fingerprint density at radius 2 is 1.96 bits per heavy atom. The molecule has 2 aromatic carbocycles. The summed E-state index contributed by atoms with van der Waals surface area (Å²) in [7, 11) is 0. The van der Waals surface area contributed by atoms with Crippen molar-refractivity contribution in [2.75, 3.05) is 36.5 Å². The fourth-order valence-corrected chi connectivity index (χ4v) is 3.23. The van der Waals surface area contributed by atoms with Gasteiger partial charge in [0.25, 0.3) is 0 Å². The molecule has 0 aliphatic carbocycles. The van der Waals surface area contributed by atoms with Crippen LogP contribution in [0.2, 0.25) is 0 Å². The molecule has 0 saturated carbocycles. The molecule has 2 aromatic rings. The number of carbonyl (C=O) groups excluding carboxylic acids is 1. The van der Waals surface area contributed by atoms with Crippen molar-refractivity contribution in [1.29, 1.82) is 0 Å². The quantitative estimate of drug-likeness (QED) is 0.653. The first kappa shape index (κ1) is 20.3. The molecule has 0 bridgehead atoms. The summed E-state index contributed by atoms with van der Waals surface area (Å²) in [5.74, 6) is -0.375. The minimum Gasteiger partial charge on any atom is -0.434 e. The molecular weight excluding hydrogens is 434 g/mol. The summed E-state index contributed by atoms with van der Waals surface area (Å²) in [5.41, 5.74) is 1.96. The molecule has 148 valence electrons. The fraction of sp³-hybridized carbons (Fsp3) is 0.250. The average molecular weight is 453 g/mol. The molecule has 1 aliphatic rings. The Labute approximate surface area is 170 Å². The van der Waals surface area contributed by atoms with Crippen molar-refractivity contribution in [1.82, 2.24) is 0 Å². The van der Waals surface area contributed by atoms with Gasteiger partial charge in [-0.25, -0.2) is 0 Å². The summed E-state index contributed by atoms with van der Waals surface area (Å²) in [6.07, 6.45) is 2.73. The Bertz CT molecular complexity index is 855. The Kier molecular flexibility index (Phi) is 7.00. The van der Waals surface area contributed by atoms with Crippen LogP contribution in [0, 0.1) is 0 Å². The van der Waals surface area contributed by atoms with E-state index in [0.717, 1.165) is 18.8 Å². The van der Waals surface area contributed by atoms with Crippen LogP contribution in [0.5, 0.6) is 5.75 Å². The number of ether oxygens (including phenoxy) is 2. The van der Waals surface area contributed by atoms with Crippen LogP contribution in [-0.4, -0.2) is 38.8 Å². The third-order valence-electron chi connectivity index (χ3n) is 4.12. The van der Waals surface area contributed by atoms with E-state index >= 15 is 0 Å². The summed E-state index contributed by atoms with van der Waals surface area (Å²) in [6, 6.07) is 12.1. The van der Waals surface area contributed by atoms with Gasteiger partial charge in [-0.15, -0.1) is 0 Å². The van der Waals surface area contributed by atoms with Gasteiger partial charge in [-0.1, -0.05) is 28.1 Å². The Balaban J connectivity index is 1.74. The average Bonchev–Trinajstić information content (AvgIpc) is 2.69. The zero-order chi connectivity index (χ0) is 19.9. The summed E-state index contributed by atoms with van der Waals surface area (Å²) < 4.78 is 35.7. The van der Waals surface area contributed by atoms with Crippen molar-refractivity contribution in [2.24, 2.45) is 0 Å². The third-order valence-corrected chi connectivity index (χ3v) is 4.61.